The Balaban J connectivity index is 2.07. The SMILES string of the molecule is CCCOCCN(Cc1ccccc1)C(C)(C)Oc1ccccc1. The Bertz CT molecular complexity index is 569. The van der Waals surface area contributed by atoms with Crippen LogP contribution in [0, 0.1) is 0 Å². The lowest BCUT2D eigenvalue weighted by atomic mass is 10.1. The molecule has 0 fully saturated rings. The fourth-order valence-electron chi connectivity index (χ4n) is 2.61. The molecular formula is C21H29NO2. The lowest BCUT2D eigenvalue weighted by Gasteiger charge is -2.38. The number of hydrogen-bond acceptors (Lipinski definition) is 3. The quantitative estimate of drug-likeness (QED) is 0.465. The maximum absolute atomic E-state index is 6.26. The molecule has 0 aliphatic heterocycles. The minimum Gasteiger partial charge on any atom is -0.473 e. The molecule has 2 aromatic rings. The van der Waals surface area contributed by atoms with Crippen LogP contribution >= 0.6 is 0 Å². The number of para-hydroxylation sites is 1. The zero-order valence-electron chi connectivity index (χ0n) is 15.1. The summed E-state index contributed by atoms with van der Waals surface area (Å²) in [6, 6.07) is 20.5. The molecule has 0 N–H and O–H groups in total. The van der Waals surface area contributed by atoms with Crippen molar-refractivity contribution < 1.29 is 9.47 Å². The van der Waals surface area contributed by atoms with E-state index < -0.39 is 5.72 Å². The first-order valence-electron chi connectivity index (χ1n) is 8.72. The molecule has 0 aromatic heterocycles. The van der Waals surface area contributed by atoms with Crippen LogP contribution in [0.25, 0.3) is 0 Å². The highest BCUT2D eigenvalue weighted by molar-refractivity contribution is 5.22. The summed E-state index contributed by atoms with van der Waals surface area (Å²) in [6.07, 6.45) is 1.04. The molecule has 2 aromatic carbocycles. The number of ether oxygens (including phenoxy) is 2. The van der Waals surface area contributed by atoms with Crippen molar-refractivity contribution in [1.82, 2.24) is 4.90 Å². The fraction of sp³-hybridized carbons (Fsp3) is 0.429. The Morgan fingerprint density at radius 1 is 0.875 bits per heavy atom. The first kappa shape index (κ1) is 18.5. The minimum absolute atomic E-state index is 0.424. The third-order valence-electron chi connectivity index (χ3n) is 3.94. The largest absolute Gasteiger partial charge is 0.473 e. The van der Waals surface area contributed by atoms with Crippen molar-refractivity contribution in [2.75, 3.05) is 19.8 Å². The average Bonchev–Trinajstić information content (AvgIpc) is 2.59. The number of hydrogen-bond donors (Lipinski definition) is 0. The summed E-state index contributed by atoms with van der Waals surface area (Å²) in [5.41, 5.74) is 0.852. The van der Waals surface area contributed by atoms with Gasteiger partial charge in [-0.05, 0) is 38.0 Å². The zero-order valence-corrected chi connectivity index (χ0v) is 15.1. The van der Waals surface area contributed by atoms with Crippen LogP contribution in [-0.2, 0) is 11.3 Å². The zero-order chi connectivity index (χ0) is 17.3. The smallest absolute Gasteiger partial charge is 0.158 e. The molecule has 0 radical (unpaired) electrons. The summed E-state index contributed by atoms with van der Waals surface area (Å²) in [4.78, 5) is 2.32. The molecule has 24 heavy (non-hydrogen) atoms. The van der Waals surface area contributed by atoms with Crippen LogP contribution < -0.4 is 4.74 Å². The van der Waals surface area contributed by atoms with Crippen LogP contribution in [0.5, 0.6) is 5.75 Å². The Hall–Kier alpha value is -1.84. The molecule has 2 rings (SSSR count). The molecule has 0 bridgehead atoms. The number of nitrogens with zero attached hydrogens (tertiary/aromatic N) is 1. The van der Waals surface area contributed by atoms with Gasteiger partial charge < -0.3 is 9.47 Å². The lowest BCUT2D eigenvalue weighted by molar-refractivity contribution is -0.0724. The summed E-state index contributed by atoms with van der Waals surface area (Å²) in [5.74, 6) is 0.884. The third kappa shape index (κ3) is 5.99. The van der Waals surface area contributed by atoms with Crippen molar-refractivity contribution >= 4 is 0 Å². The monoisotopic (exact) mass is 327 g/mol. The van der Waals surface area contributed by atoms with Crippen LogP contribution in [-0.4, -0.2) is 30.4 Å². The number of benzene rings is 2. The van der Waals surface area contributed by atoms with Crippen molar-refractivity contribution in [3.05, 3.63) is 66.2 Å². The van der Waals surface area contributed by atoms with Crippen LogP contribution in [0.3, 0.4) is 0 Å². The predicted molar refractivity (Wildman–Crippen MR) is 99.1 cm³/mol. The van der Waals surface area contributed by atoms with Crippen LogP contribution in [0.1, 0.15) is 32.8 Å². The van der Waals surface area contributed by atoms with Crippen LogP contribution in [0.2, 0.25) is 0 Å². The maximum atomic E-state index is 6.26. The normalized spacial score (nSPS) is 11.7. The lowest BCUT2D eigenvalue weighted by Crippen LogP contribution is -2.49. The van der Waals surface area contributed by atoms with Gasteiger partial charge in [-0.15, -0.1) is 0 Å². The Morgan fingerprint density at radius 2 is 1.50 bits per heavy atom. The minimum atomic E-state index is -0.424. The highest BCUT2D eigenvalue weighted by Crippen LogP contribution is 2.23. The molecule has 0 aliphatic carbocycles. The van der Waals surface area contributed by atoms with E-state index in [2.05, 4.69) is 49.9 Å². The molecule has 0 saturated heterocycles. The van der Waals surface area contributed by atoms with Gasteiger partial charge in [-0.2, -0.15) is 0 Å². The van der Waals surface area contributed by atoms with E-state index in [9.17, 15) is 0 Å². The van der Waals surface area contributed by atoms with Gasteiger partial charge in [-0.1, -0.05) is 55.5 Å². The summed E-state index contributed by atoms with van der Waals surface area (Å²) in [7, 11) is 0. The first-order valence-corrected chi connectivity index (χ1v) is 8.72. The third-order valence-corrected chi connectivity index (χ3v) is 3.94. The van der Waals surface area contributed by atoms with E-state index in [1.807, 2.05) is 36.4 Å². The van der Waals surface area contributed by atoms with Gasteiger partial charge in [-0.3, -0.25) is 4.90 Å². The molecule has 0 spiro atoms. The molecule has 0 unspecified atom stereocenters. The van der Waals surface area contributed by atoms with Gasteiger partial charge in [0.15, 0.2) is 5.72 Å². The van der Waals surface area contributed by atoms with E-state index >= 15 is 0 Å². The van der Waals surface area contributed by atoms with Gasteiger partial charge in [0, 0.05) is 19.7 Å². The molecule has 3 heteroatoms. The first-order chi connectivity index (χ1) is 11.6. The van der Waals surface area contributed by atoms with Crippen molar-refractivity contribution in [1.29, 1.82) is 0 Å². The van der Waals surface area contributed by atoms with Crippen LogP contribution in [0.4, 0.5) is 0 Å². The van der Waals surface area contributed by atoms with Gasteiger partial charge in [0.2, 0.25) is 0 Å². The number of rotatable bonds is 10. The van der Waals surface area contributed by atoms with E-state index in [4.69, 9.17) is 9.47 Å². The van der Waals surface area contributed by atoms with E-state index in [-0.39, 0.29) is 0 Å². The second-order valence-corrected chi connectivity index (χ2v) is 6.38. The topological polar surface area (TPSA) is 21.7 Å². The Kier molecular flexibility index (Phi) is 7.29. The van der Waals surface area contributed by atoms with E-state index in [0.717, 1.165) is 31.9 Å². The van der Waals surface area contributed by atoms with Gasteiger partial charge in [-0.25, -0.2) is 0 Å². The molecule has 0 aliphatic rings. The van der Waals surface area contributed by atoms with Gasteiger partial charge in [0.05, 0.1) is 6.61 Å². The molecule has 0 saturated carbocycles. The van der Waals surface area contributed by atoms with Gasteiger partial charge in [0.1, 0.15) is 5.75 Å². The summed E-state index contributed by atoms with van der Waals surface area (Å²) < 4.78 is 12.0. The van der Waals surface area contributed by atoms with E-state index in [1.54, 1.807) is 0 Å². The molecule has 0 heterocycles. The van der Waals surface area contributed by atoms with Crippen LogP contribution in [0.15, 0.2) is 60.7 Å². The van der Waals surface area contributed by atoms with E-state index in [1.165, 1.54) is 5.56 Å². The molecule has 3 nitrogen and oxygen atoms in total. The molecular weight excluding hydrogens is 298 g/mol. The molecule has 130 valence electrons. The highest BCUT2D eigenvalue weighted by Gasteiger charge is 2.28. The van der Waals surface area contributed by atoms with Crippen molar-refractivity contribution in [3.63, 3.8) is 0 Å². The van der Waals surface area contributed by atoms with Crippen molar-refractivity contribution in [3.8, 4) is 5.75 Å². The standard InChI is InChI=1S/C21H29NO2/c1-4-16-23-17-15-22(18-19-11-7-5-8-12-19)21(2,3)24-20-13-9-6-10-14-20/h5-14H,4,15-18H2,1-3H3. The van der Waals surface area contributed by atoms with Gasteiger partial charge in [0.25, 0.3) is 0 Å². The highest BCUT2D eigenvalue weighted by atomic mass is 16.5. The average molecular weight is 327 g/mol. The van der Waals surface area contributed by atoms with Crippen molar-refractivity contribution in [2.24, 2.45) is 0 Å². The summed E-state index contributed by atoms with van der Waals surface area (Å²) >= 11 is 0. The van der Waals surface area contributed by atoms with Crippen molar-refractivity contribution in [2.45, 2.75) is 39.5 Å². The van der Waals surface area contributed by atoms with E-state index in [0.29, 0.717) is 6.61 Å². The summed E-state index contributed by atoms with van der Waals surface area (Å²) in [6.45, 7) is 9.53. The second kappa shape index (κ2) is 9.45. The van der Waals surface area contributed by atoms with Gasteiger partial charge >= 0.3 is 0 Å². The summed E-state index contributed by atoms with van der Waals surface area (Å²) in [5, 5.41) is 0. The predicted octanol–water partition coefficient (Wildman–Crippen LogP) is 4.73. The molecule has 0 amide bonds. The maximum Gasteiger partial charge on any atom is 0.158 e. The second-order valence-electron chi connectivity index (χ2n) is 6.38. The Labute approximate surface area is 146 Å². The fourth-order valence-corrected chi connectivity index (χ4v) is 2.61. The Morgan fingerprint density at radius 3 is 2.12 bits per heavy atom. The molecule has 0 atom stereocenters.